The Morgan fingerprint density at radius 2 is 2.05 bits per heavy atom. The maximum Gasteiger partial charge on any atom is 0.341 e. The molecule has 5 nitrogen and oxygen atoms in total. The molecule has 1 heterocycles. The molecule has 5 heteroatoms. The number of hydrogen-bond acceptors (Lipinski definition) is 4. The number of carbonyl (C=O) groups excluding carboxylic acids is 2. The summed E-state index contributed by atoms with van der Waals surface area (Å²) in [6.45, 7) is 2.07. The average molecular weight is 273 g/mol. The highest BCUT2D eigenvalue weighted by molar-refractivity contribution is 5.90. The second kappa shape index (κ2) is 6.56. The van der Waals surface area contributed by atoms with Crippen LogP contribution in [0.3, 0.4) is 0 Å². The van der Waals surface area contributed by atoms with E-state index in [1.54, 1.807) is 0 Å². The van der Waals surface area contributed by atoms with E-state index in [-0.39, 0.29) is 18.1 Å². The van der Waals surface area contributed by atoms with Gasteiger partial charge in [-0.1, -0.05) is 24.3 Å². The van der Waals surface area contributed by atoms with Gasteiger partial charge < -0.3 is 14.5 Å². The third-order valence-corrected chi connectivity index (χ3v) is 2.83. The first-order chi connectivity index (χ1) is 9.66. The van der Waals surface area contributed by atoms with Crippen molar-refractivity contribution in [2.75, 3.05) is 6.61 Å². The maximum absolute atomic E-state index is 11.6. The van der Waals surface area contributed by atoms with E-state index in [0.717, 1.165) is 11.1 Å². The number of nitrogens with one attached hydrogen (secondary N) is 1. The van der Waals surface area contributed by atoms with Crippen LogP contribution >= 0.6 is 0 Å². The van der Waals surface area contributed by atoms with Crippen LogP contribution in [0.25, 0.3) is 0 Å². The van der Waals surface area contributed by atoms with Gasteiger partial charge >= 0.3 is 5.97 Å². The minimum Gasteiger partial charge on any atom is -0.472 e. The second-order valence-electron chi connectivity index (χ2n) is 4.29. The SMILES string of the molecule is Cc1ccccc1CNC(=O)COC(=O)c1ccoc1. The minimum atomic E-state index is -0.579. The molecule has 0 aliphatic carbocycles. The highest BCUT2D eigenvalue weighted by atomic mass is 16.5. The number of benzene rings is 1. The quantitative estimate of drug-likeness (QED) is 0.847. The molecule has 2 aromatic rings. The van der Waals surface area contributed by atoms with Crippen molar-refractivity contribution in [1.29, 1.82) is 0 Å². The topological polar surface area (TPSA) is 68.5 Å². The second-order valence-corrected chi connectivity index (χ2v) is 4.29. The van der Waals surface area contributed by atoms with Gasteiger partial charge in [0.25, 0.3) is 5.91 Å². The summed E-state index contributed by atoms with van der Waals surface area (Å²) in [6, 6.07) is 9.24. The summed E-state index contributed by atoms with van der Waals surface area (Å²) in [7, 11) is 0. The Morgan fingerprint density at radius 1 is 1.25 bits per heavy atom. The maximum atomic E-state index is 11.6. The Morgan fingerprint density at radius 3 is 2.75 bits per heavy atom. The Bertz CT molecular complexity index is 590. The lowest BCUT2D eigenvalue weighted by atomic mass is 10.1. The Kier molecular flexibility index (Phi) is 4.55. The van der Waals surface area contributed by atoms with Gasteiger partial charge in [0.2, 0.25) is 0 Å². The molecular weight excluding hydrogens is 258 g/mol. The highest BCUT2D eigenvalue weighted by Gasteiger charge is 2.11. The number of hydrogen-bond donors (Lipinski definition) is 1. The molecule has 104 valence electrons. The van der Waals surface area contributed by atoms with Gasteiger partial charge in [-0.15, -0.1) is 0 Å². The van der Waals surface area contributed by atoms with Crippen LogP contribution in [0.5, 0.6) is 0 Å². The lowest BCUT2D eigenvalue weighted by Gasteiger charge is -2.08. The van der Waals surface area contributed by atoms with Gasteiger partial charge in [0.15, 0.2) is 6.61 Å². The van der Waals surface area contributed by atoms with Crippen LogP contribution in [0.4, 0.5) is 0 Å². The van der Waals surface area contributed by atoms with Crippen molar-refractivity contribution in [3.8, 4) is 0 Å². The molecule has 1 aromatic heterocycles. The molecule has 0 spiro atoms. The van der Waals surface area contributed by atoms with E-state index in [1.165, 1.54) is 18.6 Å². The van der Waals surface area contributed by atoms with Gasteiger partial charge in [0.05, 0.1) is 11.8 Å². The molecule has 0 aliphatic heterocycles. The van der Waals surface area contributed by atoms with Gasteiger partial charge in [-0.05, 0) is 24.1 Å². The largest absolute Gasteiger partial charge is 0.472 e. The minimum absolute atomic E-state index is 0.289. The molecule has 0 radical (unpaired) electrons. The third-order valence-electron chi connectivity index (χ3n) is 2.83. The number of aryl methyl sites for hydroxylation is 1. The smallest absolute Gasteiger partial charge is 0.341 e. The van der Waals surface area contributed by atoms with Crippen LogP contribution in [0, 0.1) is 6.92 Å². The highest BCUT2D eigenvalue weighted by Crippen LogP contribution is 2.06. The van der Waals surface area contributed by atoms with E-state index in [1.807, 2.05) is 31.2 Å². The average Bonchev–Trinajstić information content (AvgIpc) is 2.98. The van der Waals surface area contributed by atoms with Gasteiger partial charge in [0, 0.05) is 6.54 Å². The summed E-state index contributed by atoms with van der Waals surface area (Å²) < 4.78 is 9.62. The number of ether oxygens (including phenoxy) is 1. The monoisotopic (exact) mass is 273 g/mol. The molecule has 0 atom stereocenters. The molecule has 0 bridgehead atoms. The third kappa shape index (κ3) is 3.71. The Labute approximate surface area is 116 Å². The normalized spacial score (nSPS) is 10.1. The van der Waals surface area contributed by atoms with Crippen LogP contribution in [0.2, 0.25) is 0 Å². The van der Waals surface area contributed by atoms with E-state index in [9.17, 15) is 9.59 Å². The van der Waals surface area contributed by atoms with Crippen LogP contribution in [0.15, 0.2) is 47.3 Å². The number of esters is 1. The van der Waals surface area contributed by atoms with E-state index >= 15 is 0 Å². The van der Waals surface area contributed by atoms with Gasteiger partial charge in [0.1, 0.15) is 6.26 Å². The van der Waals surface area contributed by atoms with E-state index in [0.29, 0.717) is 6.54 Å². The van der Waals surface area contributed by atoms with E-state index < -0.39 is 5.97 Å². The van der Waals surface area contributed by atoms with Gasteiger partial charge in [-0.3, -0.25) is 4.79 Å². The zero-order valence-electron chi connectivity index (χ0n) is 11.1. The van der Waals surface area contributed by atoms with Crippen molar-refractivity contribution in [2.24, 2.45) is 0 Å². The van der Waals surface area contributed by atoms with Crippen LogP contribution < -0.4 is 5.32 Å². The van der Waals surface area contributed by atoms with E-state index in [2.05, 4.69) is 5.32 Å². The zero-order valence-corrected chi connectivity index (χ0v) is 11.1. The van der Waals surface area contributed by atoms with Crippen molar-refractivity contribution in [2.45, 2.75) is 13.5 Å². The molecule has 1 N–H and O–H groups in total. The molecule has 0 saturated carbocycles. The summed E-state index contributed by atoms with van der Waals surface area (Å²) >= 11 is 0. The van der Waals surface area contributed by atoms with Crippen molar-refractivity contribution < 1.29 is 18.7 Å². The van der Waals surface area contributed by atoms with Gasteiger partial charge in [-0.25, -0.2) is 4.79 Å². The summed E-state index contributed by atoms with van der Waals surface area (Å²) in [5.41, 5.74) is 2.42. The number of carbonyl (C=O) groups is 2. The molecular formula is C15H15NO4. The van der Waals surface area contributed by atoms with E-state index in [4.69, 9.17) is 9.15 Å². The molecule has 1 amide bonds. The predicted octanol–water partition coefficient (Wildman–Crippen LogP) is 2.06. The van der Waals surface area contributed by atoms with Crippen LogP contribution in [-0.2, 0) is 16.1 Å². The molecule has 0 aliphatic rings. The fraction of sp³-hybridized carbons (Fsp3) is 0.200. The van der Waals surface area contributed by atoms with Crippen molar-refractivity contribution in [1.82, 2.24) is 5.32 Å². The first kappa shape index (κ1) is 13.9. The standard InChI is InChI=1S/C15H15NO4/c1-11-4-2-3-5-12(11)8-16-14(17)10-20-15(18)13-6-7-19-9-13/h2-7,9H,8,10H2,1H3,(H,16,17). The first-order valence-corrected chi connectivity index (χ1v) is 6.17. The van der Waals surface area contributed by atoms with Crippen LogP contribution in [0.1, 0.15) is 21.5 Å². The molecule has 20 heavy (non-hydrogen) atoms. The zero-order chi connectivity index (χ0) is 14.4. The number of furan rings is 1. The fourth-order valence-electron chi connectivity index (χ4n) is 1.65. The Hall–Kier alpha value is -2.56. The lowest BCUT2D eigenvalue weighted by Crippen LogP contribution is -2.28. The molecule has 1 aromatic carbocycles. The number of rotatable bonds is 5. The number of amides is 1. The van der Waals surface area contributed by atoms with Crippen molar-refractivity contribution >= 4 is 11.9 Å². The molecule has 2 rings (SSSR count). The van der Waals surface area contributed by atoms with Gasteiger partial charge in [-0.2, -0.15) is 0 Å². The summed E-state index contributed by atoms with van der Waals surface area (Å²) in [6.07, 6.45) is 2.64. The Balaban J connectivity index is 1.76. The fourth-order valence-corrected chi connectivity index (χ4v) is 1.65. The van der Waals surface area contributed by atoms with Crippen molar-refractivity contribution in [3.05, 3.63) is 59.5 Å². The van der Waals surface area contributed by atoms with Crippen LogP contribution in [-0.4, -0.2) is 18.5 Å². The lowest BCUT2D eigenvalue weighted by molar-refractivity contribution is -0.124. The van der Waals surface area contributed by atoms with Crippen molar-refractivity contribution in [3.63, 3.8) is 0 Å². The summed E-state index contributed by atoms with van der Waals surface area (Å²) in [5.74, 6) is -0.921. The molecule has 0 fully saturated rings. The molecule has 0 saturated heterocycles. The molecule has 0 unspecified atom stereocenters. The summed E-state index contributed by atoms with van der Waals surface area (Å²) in [5, 5.41) is 2.70. The predicted molar refractivity (Wildman–Crippen MR) is 72.0 cm³/mol. The summed E-state index contributed by atoms with van der Waals surface area (Å²) in [4.78, 5) is 23.1. The first-order valence-electron chi connectivity index (χ1n) is 6.17.